The van der Waals surface area contributed by atoms with E-state index in [0.717, 1.165) is 9.79 Å². The third-order valence-corrected chi connectivity index (χ3v) is 4.47. The fourth-order valence-corrected chi connectivity index (χ4v) is 3.20. The number of hydrogen-bond donors (Lipinski definition) is 0. The third-order valence-electron chi connectivity index (χ3n) is 2.68. The maximum Gasteiger partial charge on any atom is 0.164 e. The predicted octanol–water partition coefficient (Wildman–Crippen LogP) is 5.36. The van der Waals surface area contributed by atoms with E-state index < -0.39 is 0 Å². The van der Waals surface area contributed by atoms with E-state index in [2.05, 4.69) is 0 Å². The molecule has 0 saturated carbocycles. The molecule has 2 nitrogen and oxygen atoms in total. The van der Waals surface area contributed by atoms with Crippen molar-refractivity contribution in [2.75, 3.05) is 7.11 Å². The number of carbonyl (C=O) groups is 1. The molecular formula is C15H12Cl2O2S. The number of methoxy groups -OCH3 is 1. The molecule has 0 fully saturated rings. The molecule has 0 aliphatic rings. The van der Waals surface area contributed by atoms with Crippen molar-refractivity contribution in [3.8, 4) is 5.75 Å². The smallest absolute Gasteiger partial charge is 0.164 e. The average Bonchev–Trinajstić information content (AvgIpc) is 2.42. The highest BCUT2D eigenvalue weighted by molar-refractivity contribution is 7.99. The SMILES string of the molecule is COc1cccc(Sc2ccc(Cl)c(Cl)c2)c1C(C)=O. The van der Waals surface area contributed by atoms with E-state index in [4.69, 9.17) is 27.9 Å². The summed E-state index contributed by atoms with van der Waals surface area (Å²) in [6.07, 6.45) is 0. The second-order valence-electron chi connectivity index (χ2n) is 4.07. The summed E-state index contributed by atoms with van der Waals surface area (Å²) in [6, 6.07) is 10.9. The van der Waals surface area contributed by atoms with E-state index >= 15 is 0 Å². The summed E-state index contributed by atoms with van der Waals surface area (Å²) in [5.41, 5.74) is 0.575. The second-order valence-corrected chi connectivity index (χ2v) is 6.00. The minimum atomic E-state index is -0.0370. The summed E-state index contributed by atoms with van der Waals surface area (Å²) in [5.74, 6) is 0.535. The van der Waals surface area contributed by atoms with Crippen molar-refractivity contribution in [1.29, 1.82) is 0 Å². The van der Waals surface area contributed by atoms with E-state index in [-0.39, 0.29) is 5.78 Å². The first kappa shape index (κ1) is 15.2. The topological polar surface area (TPSA) is 26.3 Å². The van der Waals surface area contributed by atoms with E-state index in [1.165, 1.54) is 18.7 Å². The highest BCUT2D eigenvalue weighted by Gasteiger charge is 2.14. The lowest BCUT2D eigenvalue weighted by molar-refractivity contribution is 0.101. The molecule has 0 amide bonds. The van der Waals surface area contributed by atoms with Crippen molar-refractivity contribution < 1.29 is 9.53 Å². The normalized spacial score (nSPS) is 10.4. The monoisotopic (exact) mass is 326 g/mol. The van der Waals surface area contributed by atoms with Crippen LogP contribution < -0.4 is 4.74 Å². The molecule has 0 saturated heterocycles. The van der Waals surface area contributed by atoms with Crippen molar-refractivity contribution in [1.82, 2.24) is 0 Å². The number of rotatable bonds is 4. The van der Waals surface area contributed by atoms with Gasteiger partial charge in [0.05, 0.1) is 22.7 Å². The van der Waals surface area contributed by atoms with Gasteiger partial charge >= 0.3 is 0 Å². The largest absolute Gasteiger partial charge is 0.496 e. The first-order chi connectivity index (χ1) is 9.52. The summed E-state index contributed by atoms with van der Waals surface area (Å²) in [4.78, 5) is 13.6. The molecule has 0 aliphatic carbocycles. The zero-order chi connectivity index (χ0) is 14.7. The zero-order valence-electron chi connectivity index (χ0n) is 10.9. The van der Waals surface area contributed by atoms with Crippen LogP contribution in [0, 0.1) is 0 Å². The molecule has 5 heteroatoms. The Kier molecular flexibility index (Phi) is 4.97. The van der Waals surface area contributed by atoms with Crippen LogP contribution in [0.5, 0.6) is 5.75 Å². The van der Waals surface area contributed by atoms with Gasteiger partial charge in [0.2, 0.25) is 0 Å². The van der Waals surface area contributed by atoms with Crippen LogP contribution in [0.4, 0.5) is 0 Å². The van der Waals surface area contributed by atoms with E-state index in [9.17, 15) is 4.79 Å². The van der Waals surface area contributed by atoms with Crippen LogP contribution in [0.15, 0.2) is 46.2 Å². The fraction of sp³-hybridized carbons (Fsp3) is 0.133. The molecule has 0 bridgehead atoms. The van der Waals surface area contributed by atoms with E-state index in [1.54, 1.807) is 25.3 Å². The Morgan fingerprint density at radius 1 is 1.15 bits per heavy atom. The molecule has 0 aliphatic heterocycles. The first-order valence-corrected chi connectivity index (χ1v) is 7.41. The average molecular weight is 327 g/mol. The van der Waals surface area contributed by atoms with Gasteiger partial charge in [-0.1, -0.05) is 41.0 Å². The molecule has 104 valence electrons. The Bertz CT molecular complexity index is 656. The number of hydrogen-bond acceptors (Lipinski definition) is 3. The van der Waals surface area contributed by atoms with Crippen LogP contribution in [-0.2, 0) is 0 Å². The van der Waals surface area contributed by atoms with Crippen molar-refractivity contribution in [2.24, 2.45) is 0 Å². The molecule has 0 spiro atoms. The highest BCUT2D eigenvalue weighted by atomic mass is 35.5. The van der Waals surface area contributed by atoms with Crippen LogP contribution in [0.3, 0.4) is 0 Å². The minimum Gasteiger partial charge on any atom is -0.496 e. The van der Waals surface area contributed by atoms with Crippen LogP contribution in [0.1, 0.15) is 17.3 Å². The minimum absolute atomic E-state index is 0.0370. The molecule has 0 aromatic heterocycles. The lowest BCUT2D eigenvalue weighted by Crippen LogP contribution is -1.99. The molecule has 0 heterocycles. The summed E-state index contributed by atoms with van der Waals surface area (Å²) in [5, 5.41) is 0.998. The molecule has 2 rings (SSSR count). The molecule has 0 atom stereocenters. The van der Waals surface area contributed by atoms with Crippen molar-refractivity contribution in [2.45, 2.75) is 16.7 Å². The maximum absolute atomic E-state index is 11.8. The number of ether oxygens (including phenoxy) is 1. The Hall–Kier alpha value is -1.16. The maximum atomic E-state index is 11.8. The van der Waals surface area contributed by atoms with Crippen molar-refractivity contribution >= 4 is 40.7 Å². The van der Waals surface area contributed by atoms with Gasteiger partial charge in [0, 0.05) is 9.79 Å². The standard InChI is InChI=1S/C15H12Cl2O2S/c1-9(18)15-13(19-2)4-3-5-14(15)20-10-6-7-11(16)12(17)8-10/h3-8H,1-2H3. The van der Waals surface area contributed by atoms with Gasteiger partial charge in [-0.2, -0.15) is 0 Å². The molecule has 0 radical (unpaired) electrons. The molecule has 20 heavy (non-hydrogen) atoms. The van der Waals surface area contributed by atoms with Crippen molar-refractivity contribution in [3.63, 3.8) is 0 Å². The summed E-state index contributed by atoms with van der Waals surface area (Å²) in [6.45, 7) is 1.52. The Morgan fingerprint density at radius 3 is 2.50 bits per heavy atom. The molecule has 0 N–H and O–H groups in total. The van der Waals surface area contributed by atoms with Crippen LogP contribution >= 0.6 is 35.0 Å². The van der Waals surface area contributed by atoms with Gasteiger partial charge < -0.3 is 4.74 Å². The molecular weight excluding hydrogens is 315 g/mol. The zero-order valence-corrected chi connectivity index (χ0v) is 13.3. The van der Waals surface area contributed by atoms with Crippen molar-refractivity contribution in [3.05, 3.63) is 52.0 Å². The molecule has 2 aromatic carbocycles. The Morgan fingerprint density at radius 2 is 1.90 bits per heavy atom. The van der Waals surface area contributed by atoms with Gasteiger partial charge in [0.15, 0.2) is 5.78 Å². The summed E-state index contributed by atoms with van der Waals surface area (Å²) in [7, 11) is 1.55. The van der Waals surface area contributed by atoms with Crippen LogP contribution in [-0.4, -0.2) is 12.9 Å². The summed E-state index contributed by atoms with van der Waals surface area (Å²) < 4.78 is 5.25. The Balaban J connectivity index is 2.42. The van der Waals surface area contributed by atoms with Gasteiger partial charge in [-0.3, -0.25) is 4.79 Å². The number of benzene rings is 2. The molecule has 2 aromatic rings. The Labute approximate surface area is 132 Å². The third kappa shape index (κ3) is 3.29. The van der Waals surface area contributed by atoms with Gasteiger partial charge in [0.25, 0.3) is 0 Å². The van der Waals surface area contributed by atoms with Gasteiger partial charge in [0.1, 0.15) is 5.75 Å². The lowest BCUT2D eigenvalue weighted by Gasteiger charge is -2.11. The lowest BCUT2D eigenvalue weighted by atomic mass is 10.1. The quantitative estimate of drug-likeness (QED) is 0.708. The fourth-order valence-electron chi connectivity index (χ4n) is 1.78. The number of halogens is 2. The number of Topliss-reactive ketones (excluding diaryl/α,β-unsaturated/α-hetero) is 1. The predicted molar refractivity (Wildman–Crippen MR) is 83.6 cm³/mol. The van der Waals surface area contributed by atoms with Crippen LogP contribution in [0.25, 0.3) is 0 Å². The van der Waals surface area contributed by atoms with E-state index in [0.29, 0.717) is 21.4 Å². The van der Waals surface area contributed by atoms with Gasteiger partial charge in [-0.15, -0.1) is 0 Å². The second kappa shape index (κ2) is 6.53. The van der Waals surface area contributed by atoms with Gasteiger partial charge in [-0.05, 0) is 37.3 Å². The van der Waals surface area contributed by atoms with Crippen LogP contribution in [0.2, 0.25) is 10.0 Å². The number of carbonyl (C=O) groups excluding carboxylic acids is 1. The number of ketones is 1. The van der Waals surface area contributed by atoms with Gasteiger partial charge in [-0.25, -0.2) is 0 Å². The highest BCUT2D eigenvalue weighted by Crippen LogP contribution is 2.37. The summed E-state index contributed by atoms with van der Waals surface area (Å²) >= 11 is 13.4. The molecule has 0 unspecified atom stereocenters. The first-order valence-electron chi connectivity index (χ1n) is 5.83. The van der Waals surface area contributed by atoms with E-state index in [1.807, 2.05) is 18.2 Å².